The molecule has 0 radical (unpaired) electrons. The number of aromatic nitrogens is 3. The molecule has 9 heteroatoms. The Morgan fingerprint density at radius 1 is 1.25 bits per heavy atom. The molecule has 0 spiro atoms. The van der Waals surface area contributed by atoms with Crippen LogP contribution in [0.15, 0.2) is 35.6 Å². The third-order valence-electron chi connectivity index (χ3n) is 6.05. The first kappa shape index (κ1) is 20.2. The van der Waals surface area contributed by atoms with E-state index in [0.717, 1.165) is 37.2 Å². The highest BCUT2D eigenvalue weighted by atomic mass is 16.5. The zero-order valence-corrected chi connectivity index (χ0v) is 18.2. The van der Waals surface area contributed by atoms with Crippen LogP contribution in [0.3, 0.4) is 0 Å². The fourth-order valence-corrected chi connectivity index (χ4v) is 3.84. The molecule has 2 aliphatic rings. The summed E-state index contributed by atoms with van der Waals surface area (Å²) in [6.45, 7) is 6.24. The largest absolute Gasteiger partial charge is 0.495 e. The Morgan fingerprint density at radius 2 is 2.03 bits per heavy atom. The molecule has 0 atom stereocenters. The lowest BCUT2D eigenvalue weighted by Gasteiger charge is -2.35. The van der Waals surface area contributed by atoms with Crippen molar-refractivity contribution in [2.75, 3.05) is 30.8 Å². The van der Waals surface area contributed by atoms with Crippen LogP contribution >= 0.6 is 0 Å². The van der Waals surface area contributed by atoms with Crippen LogP contribution in [0.1, 0.15) is 24.8 Å². The molecule has 166 valence electrons. The van der Waals surface area contributed by atoms with E-state index in [0.29, 0.717) is 34.0 Å². The van der Waals surface area contributed by atoms with Gasteiger partial charge < -0.3 is 20.3 Å². The molecule has 1 saturated heterocycles. The Morgan fingerprint density at radius 3 is 2.69 bits per heavy atom. The molecule has 1 aliphatic carbocycles. The smallest absolute Gasteiger partial charge is 0.277 e. The van der Waals surface area contributed by atoms with E-state index in [1.807, 2.05) is 18.2 Å². The standard InChI is InChI=1S/C23H26N6O3/c1-13(29-9-4-10-29)15-7-8-16(18(11-15)32-3)24-17-12-19(26-22(30)14-5-6-14)25-21-20(17)23(31)28(2)27-21/h7-8,11-12,14H,1,4-6,9-10H2,2-3H3,(H3,24,25,26,27,30). The van der Waals surface area contributed by atoms with Crippen LogP contribution in [0.2, 0.25) is 0 Å². The molecule has 0 unspecified atom stereocenters. The van der Waals surface area contributed by atoms with Gasteiger partial charge in [-0.25, -0.2) is 4.98 Å². The Bertz CT molecular complexity index is 1280. The lowest BCUT2D eigenvalue weighted by Crippen LogP contribution is -2.35. The molecular formula is C23H26N6O3. The Labute approximate surface area is 185 Å². The van der Waals surface area contributed by atoms with Gasteiger partial charge in [-0.1, -0.05) is 12.6 Å². The van der Waals surface area contributed by atoms with Gasteiger partial charge in [0.1, 0.15) is 17.0 Å². The minimum absolute atomic E-state index is 0.0471. The highest BCUT2D eigenvalue weighted by Crippen LogP contribution is 2.35. The van der Waals surface area contributed by atoms with Crippen molar-refractivity contribution in [2.24, 2.45) is 13.0 Å². The highest BCUT2D eigenvalue weighted by Gasteiger charge is 2.30. The monoisotopic (exact) mass is 434 g/mol. The maximum absolute atomic E-state index is 12.7. The first-order chi connectivity index (χ1) is 15.4. The second kappa shape index (κ2) is 7.74. The number of amides is 1. The van der Waals surface area contributed by atoms with E-state index in [1.54, 1.807) is 20.2 Å². The quantitative estimate of drug-likeness (QED) is 0.528. The summed E-state index contributed by atoms with van der Waals surface area (Å²) in [5.74, 6) is 1.02. The van der Waals surface area contributed by atoms with Crippen molar-refractivity contribution >= 4 is 39.8 Å². The zero-order valence-electron chi connectivity index (χ0n) is 18.2. The number of rotatable bonds is 7. The Balaban J connectivity index is 1.51. The molecule has 1 amide bonds. The number of carbonyl (C=O) groups excluding carboxylic acids is 1. The lowest BCUT2D eigenvalue weighted by atomic mass is 10.1. The number of H-pyrrole nitrogens is 1. The van der Waals surface area contributed by atoms with Crippen molar-refractivity contribution in [1.29, 1.82) is 0 Å². The molecule has 2 aromatic heterocycles. The summed E-state index contributed by atoms with van der Waals surface area (Å²) < 4.78 is 6.99. The molecule has 32 heavy (non-hydrogen) atoms. The van der Waals surface area contributed by atoms with Crippen LogP contribution in [-0.4, -0.2) is 45.8 Å². The van der Waals surface area contributed by atoms with E-state index in [-0.39, 0.29) is 17.4 Å². The number of pyridine rings is 1. The summed E-state index contributed by atoms with van der Waals surface area (Å²) in [5.41, 5.74) is 3.38. The summed E-state index contributed by atoms with van der Waals surface area (Å²) in [6, 6.07) is 7.51. The topological polar surface area (TPSA) is 104 Å². The SMILES string of the molecule is C=C(c1ccc(Nc2cc(NC(=O)C3CC3)nc3[nH]n(C)c(=O)c23)c(OC)c1)N1CCC1. The van der Waals surface area contributed by atoms with E-state index < -0.39 is 0 Å². The number of methoxy groups -OCH3 is 1. The number of hydrogen-bond donors (Lipinski definition) is 3. The van der Waals surface area contributed by atoms with Crippen LogP contribution in [0.5, 0.6) is 5.75 Å². The van der Waals surface area contributed by atoms with Crippen LogP contribution in [0.4, 0.5) is 17.2 Å². The summed E-state index contributed by atoms with van der Waals surface area (Å²) in [4.78, 5) is 31.6. The first-order valence-electron chi connectivity index (χ1n) is 10.7. The average molecular weight is 435 g/mol. The van der Waals surface area contributed by atoms with Gasteiger partial charge in [-0.2, -0.15) is 0 Å². The number of carbonyl (C=O) groups is 1. The van der Waals surface area contributed by atoms with Crippen molar-refractivity contribution in [3.05, 3.63) is 46.8 Å². The van der Waals surface area contributed by atoms with E-state index in [4.69, 9.17) is 4.74 Å². The number of anilines is 3. The van der Waals surface area contributed by atoms with E-state index in [9.17, 15) is 9.59 Å². The zero-order chi connectivity index (χ0) is 22.4. The van der Waals surface area contributed by atoms with E-state index in [2.05, 4.69) is 32.2 Å². The summed E-state index contributed by atoms with van der Waals surface area (Å²) >= 11 is 0. The Kier molecular flexibility index (Phi) is 4.88. The predicted octanol–water partition coefficient (Wildman–Crippen LogP) is 3.04. The van der Waals surface area contributed by atoms with Gasteiger partial charge >= 0.3 is 0 Å². The maximum Gasteiger partial charge on any atom is 0.277 e. The fraction of sp³-hybridized carbons (Fsp3) is 0.348. The van der Waals surface area contributed by atoms with Crippen molar-refractivity contribution in [3.8, 4) is 5.75 Å². The normalized spacial score (nSPS) is 15.4. The molecule has 9 nitrogen and oxygen atoms in total. The number of fused-ring (bicyclic) bond motifs is 1. The van der Waals surface area contributed by atoms with Gasteiger partial charge in [-0.3, -0.25) is 19.4 Å². The predicted molar refractivity (Wildman–Crippen MR) is 124 cm³/mol. The summed E-state index contributed by atoms with van der Waals surface area (Å²) in [7, 11) is 3.24. The number of aromatic amines is 1. The fourth-order valence-electron chi connectivity index (χ4n) is 3.84. The summed E-state index contributed by atoms with van der Waals surface area (Å²) in [6.07, 6.45) is 2.97. The minimum atomic E-state index is -0.211. The van der Waals surface area contributed by atoms with Gasteiger partial charge in [0, 0.05) is 43.4 Å². The Hall–Kier alpha value is -3.75. The first-order valence-corrected chi connectivity index (χ1v) is 10.7. The second-order valence-electron chi connectivity index (χ2n) is 8.35. The number of benzene rings is 1. The highest BCUT2D eigenvalue weighted by molar-refractivity contribution is 5.98. The van der Waals surface area contributed by atoms with Crippen molar-refractivity contribution in [3.63, 3.8) is 0 Å². The lowest BCUT2D eigenvalue weighted by molar-refractivity contribution is -0.117. The number of ether oxygens (including phenoxy) is 1. The van der Waals surface area contributed by atoms with Gasteiger partial charge in [-0.15, -0.1) is 0 Å². The third kappa shape index (κ3) is 3.59. The van der Waals surface area contributed by atoms with Gasteiger partial charge in [0.2, 0.25) is 5.91 Å². The van der Waals surface area contributed by atoms with Gasteiger partial charge in [0.05, 0.1) is 18.5 Å². The number of likely N-dealkylation sites (tertiary alicyclic amines) is 1. The third-order valence-corrected chi connectivity index (χ3v) is 6.05. The number of nitrogens with one attached hydrogen (secondary N) is 3. The molecule has 2 fully saturated rings. The van der Waals surface area contributed by atoms with Crippen molar-refractivity contribution in [2.45, 2.75) is 19.3 Å². The molecule has 5 rings (SSSR count). The number of aryl methyl sites for hydroxylation is 1. The van der Waals surface area contributed by atoms with Crippen molar-refractivity contribution < 1.29 is 9.53 Å². The van der Waals surface area contributed by atoms with Crippen LogP contribution < -0.4 is 20.9 Å². The van der Waals surface area contributed by atoms with Gasteiger partial charge in [-0.05, 0) is 31.4 Å². The molecule has 3 N–H and O–H groups in total. The summed E-state index contributed by atoms with van der Waals surface area (Å²) in [5, 5.41) is 9.52. The molecular weight excluding hydrogens is 408 g/mol. The average Bonchev–Trinajstić information content (AvgIpc) is 3.53. The molecule has 3 heterocycles. The van der Waals surface area contributed by atoms with Crippen LogP contribution in [0.25, 0.3) is 16.7 Å². The molecule has 1 aromatic carbocycles. The van der Waals surface area contributed by atoms with Gasteiger partial charge in [0.25, 0.3) is 5.56 Å². The molecule has 0 bridgehead atoms. The molecule has 3 aromatic rings. The van der Waals surface area contributed by atoms with Gasteiger partial charge in [0.15, 0.2) is 5.65 Å². The molecule has 1 aliphatic heterocycles. The van der Waals surface area contributed by atoms with E-state index >= 15 is 0 Å². The second-order valence-corrected chi connectivity index (χ2v) is 8.35. The van der Waals surface area contributed by atoms with E-state index in [1.165, 1.54) is 11.1 Å². The van der Waals surface area contributed by atoms with Crippen LogP contribution in [-0.2, 0) is 11.8 Å². The number of nitrogens with zero attached hydrogens (tertiary/aromatic N) is 3. The number of hydrogen-bond acceptors (Lipinski definition) is 6. The molecule has 1 saturated carbocycles. The van der Waals surface area contributed by atoms with Crippen LogP contribution in [0, 0.1) is 5.92 Å². The minimum Gasteiger partial charge on any atom is -0.495 e. The van der Waals surface area contributed by atoms with Crippen molar-refractivity contribution in [1.82, 2.24) is 19.7 Å². The maximum atomic E-state index is 12.7.